The maximum atomic E-state index is 11.9. The molecule has 1 rings (SSSR count). The number of hydrogen-bond acceptors (Lipinski definition) is 4. The Bertz CT molecular complexity index is 512. The average Bonchev–Trinajstić information content (AvgIpc) is 2.31. The normalized spacial score (nSPS) is 13.6. The first-order chi connectivity index (χ1) is 8.28. The molecule has 0 saturated carbocycles. The fourth-order valence-electron chi connectivity index (χ4n) is 1.31. The molecule has 6 heteroatoms. The summed E-state index contributed by atoms with van der Waals surface area (Å²) < 4.78 is 30.5. The van der Waals surface area contributed by atoms with Crippen LogP contribution in [0, 0.1) is 0 Å². The van der Waals surface area contributed by atoms with Crippen LogP contribution in [0.3, 0.4) is 0 Å². The highest BCUT2D eigenvalue weighted by atomic mass is 32.2. The highest BCUT2D eigenvalue weighted by molar-refractivity contribution is 7.89. The molecule has 0 heterocycles. The van der Waals surface area contributed by atoms with Crippen LogP contribution < -0.4 is 10.5 Å². The summed E-state index contributed by atoms with van der Waals surface area (Å²) in [6.07, 6.45) is 0.903. The largest absolute Gasteiger partial charge is 0.489 e. The number of ether oxygens (including phenoxy) is 1. The van der Waals surface area contributed by atoms with Crippen molar-refractivity contribution in [2.75, 3.05) is 19.8 Å². The molecule has 0 aliphatic carbocycles. The van der Waals surface area contributed by atoms with Gasteiger partial charge in [-0.3, -0.25) is 0 Å². The highest BCUT2D eigenvalue weighted by Gasteiger charge is 2.18. The average molecular weight is 272 g/mol. The van der Waals surface area contributed by atoms with Gasteiger partial charge in [-0.15, -0.1) is 0 Å². The van der Waals surface area contributed by atoms with E-state index in [-0.39, 0.29) is 11.0 Å². The second-order valence-corrected chi connectivity index (χ2v) is 6.48. The minimum absolute atomic E-state index is 0.0450. The lowest BCUT2D eigenvalue weighted by atomic mass is 10.3. The van der Waals surface area contributed by atoms with Gasteiger partial charge in [0.15, 0.2) is 0 Å². The molecule has 1 atom stereocenters. The molecule has 102 valence electrons. The molecule has 2 N–H and O–H groups in total. The first kappa shape index (κ1) is 14.8. The maximum absolute atomic E-state index is 11.9. The molecule has 5 nitrogen and oxygen atoms in total. The first-order valence-electron chi connectivity index (χ1n) is 5.77. The Labute approximate surface area is 109 Å². The number of benzene rings is 1. The van der Waals surface area contributed by atoms with Gasteiger partial charge in [0.05, 0.1) is 16.7 Å². The molecule has 18 heavy (non-hydrogen) atoms. The van der Waals surface area contributed by atoms with Gasteiger partial charge >= 0.3 is 0 Å². The standard InChI is InChI=1S/C12H20N2O3S/c1-5-9(2)17-12-7-6-10(8-11(12)13)18(15,16)14(3)4/h6-9H,5,13H2,1-4H3. The van der Waals surface area contributed by atoms with Crippen molar-refractivity contribution in [3.05, 3.63) is 18.2 Å². The molecular formula is C12H20N2O3S. The maximum Gasteiger partial charge on any atom is 0.242 e. The van der Waals surface area contributed by atoms with E-state index in [1.165, 1.54) is 26.2 Å². The van der Waals surface area contributed by atoms with Crippen LogP contribution in [0.4, 0.5) is 5.69 Å². The fraction of sp³-hybridized carbons (Fsp3) is 0.500. The molecule has 1 aromatic rings. The SMILES string of the molecule is CCC(C)Oc1ccc(S(=O)(=O)N(C)C)cc1N. The summed E-state index contributed by atoms with van der Waals surface area (Å²) in [4.78, 5) is 0.168. The highest BCUT2D eigenvalue weighted by Crippen LogP contribution is 2.27. The second kappa shape index (κ2) is 5.58. The second-order valence-electron chi connectivity index (χ2n) is 4.32. The Morgan fingerprint density at radius 1 is 1.39 bits per heavy atom. The Morgan fingerprint density at radius 2 is 2.00 bits per heavy atom. The van der Waals surface area contributed by atoms with Gasteiger partial charge in [-0.2, -0.15) is 0 Å². The van der Waals surface area contributed by atoms with E-state index in [2.05, 4.69) is 0 Å². The van der Waals surface area contributed by atoms with E-state index >= 15 is 0 Å². The monoisotopic (exact) mass is 272 g/mol. The molecular weight excluding hydrogens is 252 g/mol. The van der Waals surface area contributed by atoms with Gasteiger partial charge in [-0.1, -0.05) is 6.92 Å². The molecule has 0 aliphatic rings. The van der Waals surface area contributed by atoms with Crippen LogP contribution in [0.2, 0.25) is 0 Å². The summed E-state index contributed by atoms with van der Waals surface area (Å²) in [6, 6.07) is 4.52. The van der Waals surface area contributed by atoms with Crippen LogP contribution in [-0.4, -0.2) is 32.9 Å². The minimum Gasteiger partial charge on any atom is -0.489 e. The van der Waals surface area contributed by atoms with E-state index in [1.807, 2.05) is 13.8 Å². The number of nitrogen functional groups attached to an aromatic ring is 1. The van der Waals surface area contributed by atoms with Crippen molar-refractivity contribution < 1.29 is 13.2 Å². The van der Waals surface area contributed by atoms with Gasteiger partial charge in [0.2, 0.25) is 10.0 Å². The van der Waals surface area contributed by atoms with E-state index in [4.69, 9.17) is 10.5 Å². The minimum atomic E-state index is -3.45. The Morgan fingerprint density at radius 3 is 2.44 bits per heavy atom. The van der Waals surface area contributed by atoms with Crippen molar-refractivity contribution in [3.63, 3.8) is 0 Å². The number of rotatable bonds is 5. The van der Waals surface area contributed by atoms with Gasteiger partial charge in [0.1, 0.15) is 5.75 Å². The van der Waals surface area contributed by atoms with Crippen LogP contribution in [0.25, 0.3) is 0 Å². The molecule has 1 aromatic carbocycles. The van der Waals surface area contributed by atoms with Gasteiger partial charge in [-0.25, -0.2) is 12.7 Å². The molecule has 0 bridgehead atoms. The molecule has 0 spiro atoms. The number of anilines is 1. The number of sulfonamides is 1. The Hall–Kier alpha value is -1.27. The topological polar surface area (TPSA) is 72.6 Å². The zero-order valence-corrected chi connectivity index (χ0v) is 12.0. The first-order valence-corrected chi connectivity index (χ1v) is 7.21. The molecule has 1 unspecified atom stereocenters. The Kier molecular flexibility index (Phi) is 4.59. The third kappa shape index (κ3) is 3.14. The quantitative estimate of drug-likeness (QED) is 0.828. The third-order valence-electron chi connectivity index (χ3n) is 2.66. The molecule has 0 amide bonds. The lowest BCUT2D eigenvalue weighted by molar-refractivity contribution is 0.218. The van der Waals surface area contributed by atoms with Crippen LogP contribution in [0.15, 0.2) is 23.1 Å². The summed E-state index contributed by atoms with van der Waals surface area (Å²) in [7, 11) is -0.490. The van der Waals surface area contributed by atoms with Crippen LogP contribution in [0.1, 0.15) is 20.3 Å². The smallest absolute Gasteiger partial charge is 0.242 e. The van der Waals surface area contributed by atoms with Crippen molar-refractivity contribution >= 4 is 15.7 Å². The fourth-order valence-corrected chi connectivity index (χ4v) is 2.24. The van der Waals surface area contributed by atoms with Gasteiger partial charge in [0.25, 0.3) is 0 Å². The molecule has 0 fully saturated rings. The van der Waals surface area contributed by atoms with Gasteiger partial charge < -0.3 is 10.5 Å². The summed E-state index contributed by atoms with van der Waals surface area (Å²) in [5.41, 5.74) is 6.14. The lowest BCUT2D eigenvalue weighted by Gasteiger charge is -2.16. The molecule has 0 saturated heterocycles. The predicted octanol–water partition coefficient (Wildman–Crippen LogP) is 1.70. The lowest BCUT2D eigenvalue weighted by Crippen LogP contribution is -2.22. The van der Waals surface area contributed by atoms with Crippen molar-refractivity contribution in [1.29, 1.82) is 0 Å². The van der Waals surface area contributed by atoms with E-state index < -0.39 is 10.0 Å². The van der Waals surface area contributed by atoms with Crippen LogP contribution in [0.5, 0.6) is 5.75 Å². The summed E-state index contributed by atoms with van der Waals surface area (Å²) in [6.45, 7) is 3.94. The van der Waals surface area contributed by atoms with E-state index in [1.54, 1.807) is 6.07 Å². The van der Waals surface area contributed by atoms with E-state index in [9.17, 15) is 8.42 Å². The molecule has 0 radical (unpaired) electrons. The van der Waals surface area contributed by atoms with Crippen molar-refractivity contribution in [1.82, 2.24) is 4.31 Å². The van der Waals surface area contributed by atoms with E-state index in [0.29, 0.717) is 11.4 Å². The summed E-state index contributed by atoms with van der Waals surface area (Å²) in [5, 5.41) is 0. The van der Waals surface area contributed by atoms with Gasteiger partial charge in [-0.05, 0) is 31.5 Å². The van der Waals surface area contributed by atoms with Crippen molar-refractivity contribution in [2.24, 2.45) is 0 Å². The van der Waals surface area contributed by atoms with Crippen molar-refractivity contribution in [3.8, 4) is 5.75 Å². The Balaban J connectivity index is 3.07. The predicted molar refractivity (Wildman–Crippen MR) is 72.1 cm³/mol. The zero-order valence-electron chi connectivity index (χ0n) is 11.2. The van der Waals surface area contributed by atoms with E-state index in [0.717, 1.165) is 10.7 Å². The zero-order chi connectivity index (χ0) is 13.9. The third-order valence-corrected chi connectivity index (χ3v) is 4.47. The molecule has 0 aliphatic heterocycles. The van der Waals surface area contributed by atoms with Crippen LogP contribution >= 0.6 is 0 Å². The summed E-state index contributed by atoms with van der Waals surface area (Å²) in [5.74, 6) is 0.516. The van der Waals surface area contributed by atoms with Gasteiger partial charge in [0, 0.05) is 14.1 Å². The molecule has 0 aromatic heterocycles. The number of nitrogens with zero attached hydrogens (tertiary/aromatic N) is 1. The van der Waals surface area contributed by atoms with Crippen LogP contribution in [-0.2, 0) is 10.0 Å². The number of nitrogens with two attached hydrogens (primary N) is 1. The number of hydrogen-bond donors (Lipinski definition) is 1. The van der Waals surface area contributed by atoms with Crippen molar-refractivity contribution in [2.45, 2.75) is 31.3 Å². The summed E-state index contributed by atoms with van der Waals surface area (Å²) >= 11 is 0.